The Morgan fingerprint density at radius 1 is 1.26 bits per heavy atom. The van der Waals surface area contributed by atoms with E-state index in [9.17, 15) is 34.5 Å². The number of carboxylic acid groups (broad SMARTS) is 2. The number of aliphatic hydroxyl groups is 1. The number of aromatic nitrogens is 4. The van der Waals surface area contributed by atoms with Gasteiger partial charge in [0.15, 0.2) is 6.10 Å². The fourth-order valence-corrected chi connectivity index (χ4v) is 5.93. The Bertz CT molecular complexity index is 1230. The number of fused-ring (bicyclic) bond motifs is 1. The molecule has 3 heterocycles. The molecule has 1 unspecified atom stereocenters. The highest BCUT2D eigenvalue weighted by Gasteiger charge is 2.54. The summed E-state index contributed by atoms with van der Waals surface area (Å²) in [5.74, 6) is -4.01. The van der Waals surface area contributed by atoms with E-state index < -0.39 is 47.8 Å². The molecule has 0 bridgehead atoms. The number of aliphatic hydroxyl groups excluding tert-OH is 1. The summed E-state index contributed by atoms with van der Waals surface area (Å²) in [5, 5.41) is 51.5. The molecule has 3 atom stereocenters. The third-order valence-electron chi connectivity index (χ3n) is 5.19. The number of aromatic hydroxyl groups is 1. The average Bonchev–Trinajstić information content (AvgIpc) is 3.26. The van der Waals surface area contributed by atoms with Crippen LogP contribution >= 0.6 is 23.5 Å². The van der Waals surface area contributed by atoms with E-state index in [2.05, 4.69) is 20.8 Å². The zero-order valence-corrected chi connectivity index (χ0v) is 19.3. The summed E-state index contributed by atoms with van der Waals surface area (Å²) in [6.07, 6.45) is -1.72. The number of phenols is 1. The standard InChI is InChI=1S/C19H18N6O8S2/c26-10-4-2-1-3-9(10)14(29)15(30)20-12-16(31)25-13(18(32)33)8(6-34-17(12)25)7-35-19-21-22-23-24(19)5-11(27)28/h1-4,12,14,17,26,29H,5-7H2,(H,20,30)(H,27,28)(H,32,33)/t12?,14-,17-/m1/s1. The number of phenolic OH excluding ortho intramolecular Hbond substituents is 1. The molecule has 5 N–H and O–H groups in total. The summed E-state index contributed by atoms with van der Waals surface area (Å²) in [6, 6.07) is 4.67. The predicted molar refractivity (Wildman–Crippen MR) is 119 cm³/mol. The maximum absolute atomic E-state index is 12.8. The first-order valence-electron chi connectivity index (χ1n) is 9.96. The molecule has 2 amide bonds. The van der Waals surface area contributed by atoms with E-state index in [4.69, 9.17) is 5.11 Å². The molecule has 1 aromatic heterocycles. The molecule has 2 aromatic rings. The third-order valence-corrected chi connectivity index (χ3v) is 7.57. The average molecular weight is 523 g/mol. The molecule has 0 aliphatic carbocycles. The molecular formula is C19H18N6O8S2. The SMILES string of the molecule is O=C(O)Cn1nnnc1SCC1=C(C(=O)O)N2C(=O)C(NC(=O)[C@H](O)c3ccccc3O)[C@H]2SC1. The van der Waals surface area contributed by atoms with Crippen LogP contribution in [0.15, 0.2) is 40.7 Å². The Hall–Kier alpha value is -3.63. The van der Waals surface area contributed by atoms with E-state index in [1.165, 1.54) is 36.0 Å². The number of β-lactam (4-membered cyclic amide) rings is 1. The first-order chi connectivity index (χ1) is 16.7. The molecule has 1 aromatic carbocycles. The number of benzene rings is 1. The topological polar surface area (TPSA) is 208 Å². The van der Waals surface area contributed by atoms with Gasteiger partial charge in [-0.2, -0.15) is 0 Å². The quantitative estimate of drug-likeness (QED) is 0.199. The number of carboxylic acids is 2. The van der Waals surface area contributed by atoms with Crippen molar-refractivity contribution in [1.82, 2.24) is 30.4 Å². The van der Waals surface area contributed by atoms with E-state index >= 15 is 0 Å². The monoisotopic (exact) mass is 522 g/mol. The third kappa shape index (κ3) is 4.80. The minimum absolute atomic E-state index is 0.0272. The lowest BCUT2D eigenvalue weighted by molar-refractivity contribution is -0.151. The highest BCUT2D eigenvalue weighted by Crippen LogP contribution is 2.41. The second-order valence-electron chi connectivity index (χ2n) is 7.42. The number of hydrogen-bond acceptors (Lipinski definition) is 11. The second-order valence-corrected chi connectivity index (χ2v) is 9.46. The molecule has 0 radical (unpaired) electrons. The van der Waals surface area contributed by atoms with Crippen LogP contribution in [-0.4, -0.2) is 92.2 Å². The van der Waals surface area contributed by atoms with Gasteiger partial charge in [0.1, 0.15) is 29.4 Å². The van der Waals surface area contributed by atoms with Crippen molar-refractivity contribution in [3.8, 4) is 5.75 Å². The van der Waals surface area contributed by atoms with Crippen molar-refractivity contribution >= 4 is 47.3 Å². The van der Waals surface area contributed by atoms with Crippen LogP contribution in [0.25, 0.3) is 0 Å². The predicted octanol–water partition coefficient (Wildman–Crippen LogP) is -0.972. The van der Waals surface area contributed by atoms with Crippen LogP contribution in [0.3, 0.4) is 0 Å². The van der Waals surface area contributed by atoms with Gasteiger partial charge in [0, 0.05) is 17.1 Å². The van der Waals surface area contributed by atoms with E-state index in [1.54, 1.807) is 0 Å². The van der Waals surface area contributed by atoms with E-state index in [1.807, 2.05) is 0 Å². The van der Waals surface area contributed by atoms with Crippen molar-refractivity contribution in [2.75, 3.05) is 11.5 Å². The fraction of sp³-hybridized carbons (Fsp3) is 0.316. The normalized spacial score (nSPS) is 20.1. The Balaban J connectivity index is 1.46. The summed E-state index contributed by atoms with van der Waals surface area (Å²) in [4.78, 5) is 49.3. The minimum Gasteiger partial charge on any atom is -0.508 e. The maximum Gasteiger partial charge on any atom is 0.352 e. The summed E-state index contributed by atoms with van der Waals surface area (Å²) in [5.41, 5.74) is 0.150. The van der Waals surface area contributed by atoms with E-state index in [-0.39, 0.29) is 33.7 Å². The lowest BCUT2D eigenvalue weighted by atomic mass is 10.0. The van der Waals surface area contributed by atoms with Crippen molar-refractivity contribution in [3.63, 3.8) is 0 Å². The number of para-hydroxylation sites is 1. The van der Waals surface area contributed by atoms with Gasteiger partial charge in [-0.05, 0) is 22.1 Å². The maximum atomic E-state index is 12.8. The van der Waals surface area contributed by atoms with Crippen LogP contribution in [0, 0.1) is 0 Å². The molecule has 1 saturated heterocycles. The number of nitrogens with zero attached hydrogens (tertiary/aromatic N) is 5. The van der Waals surface area contributed by atoms with E-state index in [0.717, 1.165) is 21.3 Å². The van der Waals surface area contributed by atoms with E-state index in [0.29, 0.717) is 5.57 Å². The highest BCUT2D eigenvalue weighted by molar-refractivity contribution is 8.01. The van der Waals surface area contributed by atoms with Crippen LogP contribution < -0.4 is 5.32 Å². The number of amides is 2. The van der Waals surface area contributed by atoms with Gasteiger partial charge in [0.25, 0.3) is 11.8 Å². The van der Waals surface area contributed by atoms with Gasteiger partial charge in [-0.3, -0.25) is 19.3 Å². The largest absolute Gasteiger partial charge is 0.508 e. The van der Waals surface area contributed by atoms with Crippen molar-refractivity contribution in [3.05, 3.63) is 41.1 Å². The first-order valence-corrected chi connectivity index (χ1v) is 12.0. The van der Waals surface area contributed by atoms with Crippen molar-refractivity contribution < 1.29 is 39.6 Å². The van der Waals surface area contributed by atoms with Gasteiger partial charge in [-0.25, -0.2) is 9.48 Å². The lowest BCUT2D eigenvalue weighted by Crippen LogP contribution is -2.70. The van der Waals surface area contributed by atoms with Crippen LogP contribution in [0.2, 0.25) is 0 Å². The number of aliphatic carboxylic acids is 2. The zero-order valence-electron chi connectivity index (χ0n) is 17.6. The smallest absolute Gasteiger partial charge is 0.352 e. The van der Waals surface area contributed by atoms with Gasteiger partial charge in [-0.1, -0.05) is 30.0 Å². The molecule has 2 aliphatic heterocycles. The number of carbonyl (C=O) groups excluding carboxylic acids is 2. The zero-order chi connectivity index (χ0) is 25.3. The van der Waals surface area contributed by atoms with Crippen LogP contribution in [-0.2, 0) is 25.7 Å². The van der Waals surface area contributed by atoms with Crippen LogP contribution in [0.5, 0.6) is 5.75 Å². The molecule has 16 heteroatoms. The Kier molecular flexibility index (Phi) is 6.95. The lowest BCUT2D eigenvalue weighted by Gasteiger charge is -2.49. The molecule has 2 aliphatic rings. The van der Waals surface area contributed by atoms with Gasteiger partial charge >= 0.3 is 11.9 Å². The van der Waals surface area contributed by atoms with Gasteiger partial charge in [0.2, 0.25) is 5.16 Å². The second kappa shape index (κ2) is 9.93. The van der Waals surface area contributed by atoms with Crippen molar-refractivity contribution in [2.45, 2.75) is 29.2 Å². The molecular weight excluding hydrogens is 504 g/mol. The number of nitrogens with one attached hydrogen (secondary N) is 1. The molecule has 1 fully saturated rings. The Morgan fingerprint density at radius 3 is 2.69 bits per heavy atom. The summed E-state index contributed by atoms with van der Waals surface area (Å²) >= 11 is 2.26. The van der Waals surface area contributed by atoms with Gasteiger partial charge < -0.3 is 25.7 Å². The number of thioether (sulfide) groups is 2. The summed E-state index contributed by atoms with van der Waals surface area (Å²) < 4.78 is 1.06. The highest BCUT2D eigenvalue weighted by atomic mass is 32.2. The number of hydrogen-bond donors (Lipinski definition) is 5. The fourth-order valence-electron chi connectivity index (χ4n) is 3.57. The van der Waals surface area contributed by atoms with Crippen LogP contribution in [0.1, 0.15) is 11.7 Å². The number of carbonyl (C=O) groups is 4. The van der Waals surface area contributed by atoms with Crippen LogP contribution in [0.4, 0.5) is 0 Å². The molecule has 0 spiro atoms. The molecule has 14 nitrogen and oxygen atoms in total. The van der Waals surface area contributed by atoms with Crippen molar-refractivity contribution in [2.24, 2.45) is 0 Å². The van der Waals surface area contributed by atoms with Gasteiger partial charge in [0.05, 0.1) is 0 Å². The van der Waals surface area contributed by atoms with Crippen molar-refractivity contribution in [1.29, 1.82) is 0 Å². The number of tetrazole rings is 1. The summed E-state index contributed by atoms with van der Waals surface area (Å²) in [7, 11) is 0. The Labute approximate surface area is 205 Å². The minimum atomic E-state index is -1.72. The molecule has 35 heavy (non-hydrogen) atoms. The number of rotatable bonds is 9. The Morgan fingerprint density at radius 2 is 2.00 bits per heavy atom. The molecule has 0 saturated carbocycles. The summed E-state index contributed by atoms with van der Waals surface area (Å²) in [6.45, 7) is -0.463. The first kappa shape index (κ1) is 24.5. The molecule has 4 rings (SSSR count). The van der Waals surface area contributed by atoms with Gasteiger partial charge in [-0.15, -0.1) is 16.9 Å². The molecule has 184 valence electrons.